The third-order valence-corrected chi connectivity index (χ3v) is 4.59. The number of hydrogen-bond acceptors (Lipinski definition) is 5. The minimum atomic E-state index is -0.00568. The molecular formula is C18H23ClN4O2. The van der Waals surface area contributed by atoms with Gasteiger partial charge in [0.15, 0.2) is 5.82 Å². The second-order valence-corrected chi connectivity index (χ2v) is 7.00. The van der Waals surface area contributed by atoms with Crippen LogP contribution in [0.3, 0.4) is 0 Å². The van der Waals surface area contributed by atoms with Crippen LogP contribution in [0.5, 0.6) is 0 Å². The van der Waals surface area contributed by atoms with Gasteiger partial charge in [0.05, 0.1) is 6.04 Å². The highest BCUT2D eigenvalue weighted by Gasteiger charge is 2.28. The van der Waals surface area contributed by atoms with E-state index in [2.05, 4.69) is 15.5 Å². The van der Waals surface area contributed by atoms with Crippen LogP contribution in [0.4, 0.5) is 0 Å². The number of halogens is 1. The summed E-state index contributed by atoms with van der Waals surface area (Å²) in [4.78, 5) is 19.0. The summed E-state index contributed by atoms with van der Waals surface area (Å²) in [6.45, 7) is 6.22. The summed E-state index contributed by atoms with van der Waals surface area (Å²) in [5.41, 5.74) is 1.05. The molecular weight excluding hydrogens is 340 g/mol. The summed E-state index contributed by atoms with van der Waals surface area (Å²) in [7, 11) is 0. The first kappa shape index (κ1) is 17.9. The van der Waals surface area contributed by atoms with Gasteiger partial charge in [-0.1, -0.05) is 42.7 Å². The van der Waals surface area contributed by atoms with Crippen molar-refractivity contribution < 1.29 is 9.32 Å². The number of hydrogen-bond donors (Lipinski definition) is 1. The van der Waals surface area contributed by atoms with E-state index in [0.29, 0.717) is 36.1 Å². The summed E-state index contributed by atoms with van der Waals surface area (Å²) >= 11 is 6.11. The van der Waals surface area contributed by atoms with Gasteiger partial charge in [0.25, 0.3) is 0 Å². The van der Waals surface area contributed by atoms with Gasteiger partial charge in [0, 0.05) is 43.4 Å². The highest BCUT2D eigenvalue weighted by atomic mass is 35.5. The van der Waals surface area contributed by atoms with Crippen LogP contribution in [0.25, 0.3) is 0 Å². The van der Waals surface area contributed by atoms with Gasteiger partial charge in [0.1, 0.15) is 0 Å². The van der Waals surface area contributed by atoms with Gasteiger partial charge in [0.2, 0.25) is 11.8 Å². The topological polar surface area (TPSA) is 71.3 Å². The van der Waals surface area contributed by atoms with Crippen molar-refractivity contribution >= 4 is 17.5 Å². The predicted molar refractivity (Wildman–Crippen MR) is 95.5 cm³/mol. The largest absolute Gasteiger partial charge is 0.339 e. The lowest BCUT2D eigenvalue weighted by Crippen LogP contribution is -2.48. The zero-order valence-corrected chi connectivity index (χ0v) is 15.3. The molecule has 1 aromatic heterocycles. The molecule has 134 valence electrons. The average Bonchev–Trinajstić information content (AvgIpc) is 3.09. The van der Waals surface area contributed by atoms with E-state index in [4.69, 9.17) is 16.1 Å². The smallest absolute Gasteiger partial charge is 0.227 e. The first-order valence-corrected chi connectivity index (χ1v) is 9.00. The maximum Gasteiger partial charge on any atom is 0.227 e. The van der Waals surface area contributed by atoms with Crippen LogP contribution in [-0.4, -0.2) is 40.6 Å². The van der Waals surface area contributed by atoms with Gasteiger partial charge in [-0.05, 0) is 17.7 Å². The van der Waals surface area contributed by atoms with Crippen LogP contribution >= 0.6 is 11.6 Å². The predicted octanol–water partition coefficient (Wildman–Crippen LogP) is 2.95. The quantitative estimate of drug-likeness (QED) is 0.885. The van der Waals surface area contributed by atoms with Gasteiger partial charge in [-0.15, -0.1) is 0 Å². The Morgan fingerprint density at radius 2 is 2.32 bits per heavy atom. The van der Waals surface area contributed by atoms with Crippen molar-refractivity contribution in [3.8, 4) is 0 Å². The Morgan fingerprint density at radius 1 is 1.48 bits per heavy atom. The summed E-state index contributed by atoms with van der Waals surface area (Å²) < 4.78 is 5.23. The van der Waals surface area contributed by atoms with Crippen LogP contribution in [0, 0.1) is 0 Å². The first-order valence-electron chi connectivity index (χ1n) is 8.62. The lowest BCUT2D eigenvalue weighted by Gasteiger charge is -2.36. The zero-order valence-electron chi connectivity index (χ0n) is 14.5. The number of carbonyl (C=O) groups is 1. The van der Waals surface area contributed by atoms with E-state index < -0.39 is 0 Å². The molecule has 3 rings (SSSR count). The van der Waals surface area contributed by atoms with Crippen LogP contribution in [0.1, 0.15) is 49.5 Å². The molecule has 1 amide bonds. The Balaban J connectivity index is 1.66. The van der Waals surface area contributed by atoms with E-state index in [0.717, 1.165) is 18.7 Å². The van der Waals surface area contributed by atoms with Crippen LogP contribution in [0.15, 0.2) is 28.8 Å². The molecule has 0 spiro atoms. The van der Waals surface area contributed by atoms with Crippen LogP contribution in [0.2, 0.25) is 5.02 Å². The van der Waals surface area contributed by atoms with E-state index in [-0.39, 0.29) is 17.9 Å². The molecule has 0 bridgehead atoms. The third kappa shape index (κ3) is 4.38. The zero-order chi connectivity index (χ0) is 17.8. The molecule has 0 saturated carbocycles. The molecule has 0 aliphatic carbocycles. The molecule has 1 unspecified atom stereocenters. The van der Waals surface area contributed by atoms with Crippen LogP contribution in [-0.2, 0) is 11.2 Å². The summed E-state index contributed by atoms with van der Waals surface area (Å²) in [5, 5.41) is 7.98. The number of nitrogens with zero attached hydrogens (tertiary/aromatic N) is 3. The molecule has 1 N–H and O–H groups in total. The standard InChI is InChI=1S/C18H23ClN4O2/c1-12(2)18-21-16(25-22-18)6-7-17(24)23-9-8-20-11-15(23)13-4-3-5-14(19)10-13/h3-5,10,12,15,20H,6-9,11H2,1-2H3. The van der Waals surface area contributed by atoms with E-state index in [1.165, 1.54) is 0 Å². The highest BCUT2D eigenvalue weighted by Crippen LogP contribution is 2.25. The van der Waals surface area contributed by atoms with Crippen LogP contribution < -0.4 is 5.32 Å². The minimum Gasteiger partial charge on any atom is -0.339 e. The molecule has 25 heavy (non-hydrogen) atoms. The average molecular weight is 363 g/mol. The van der Waals surface area contributed by atoms with Crippen molar-refractivity contribution in [3.63, 3.8) is 0 Å². The van der Waals surface area contributed by atoms with Gasteiger partial charge < -0.3 is 14.7 Å². The molecule has 7 heteroatoms. The van der Waals surface area contributed by atoms with Crippen molar-refractivity contribution in [2.45, 2.75) is 38.6 Å². The van der Waals surface area contributed by atoms with Crippen molar-refractivity contribution in [3.05, 3.63) is 46.6 Å². The SMILES string of the molecule is CC(C)c1noc(CCC(=O)N2CCNCC2c2cccc(Cl)c2)n1. The fraction of sp³-hybridized carbons (Fsp3) is 0.500. The van der Waals surface area contributed by atoms with E-state index in [1.807, 2.05) is 43.0 Å². The maximum atomic E-state index is 12.8. The molecule has 1 aliphatic rings. The fourth-order valence-corrected chi connectivity index (χ4v) is 3.17. The number of nitrogens with one attached hydrogen (secondary N) is 1. The lowest BCUT2D eigenvalue weighted by molar-refractivity contribution is -0.134. The summed E-state index contributed by atoms with van der Waals surface area (Å²) in [5.74, 6) is 1.51. The number of amides is 1. The first-order chi connectivity index (χ1) is 12.0. The maximum absolute atomic E-state index is 12.8. The molecule has 1 fully saturated rings. The number of piperazine rings is 1. The van der Waals surface area contributed by atoms with E-state index in [1.54, 1.807) is 0 Å². The Labute approximate surface area is 152 Å². The molecule has 1 aliphatic heterocycles. The second kappa shape index (κ2) is 7.97. The second-order valence-electron chi connectivity index (χ2n) is 6.56. The van der Waals surface area contributed by atoms with Gasteiger partial charge >= 0.3 is 0 Å². The molecule has 0 radical (unpaired) electrons. The Hall–Kier alpha value is -1.92. The monoisotopic (exact) mass is 362 g/mol. The van der Waals surface area contributed by atoms with Gasteiger partial charge in [-0.3, -0.25) is 4.79 Å². The van der Waals surface area contributed by atoms with E-state index in [9.17, 15) is 4.79 Å². The Bertz CT molecular complexity index is 731. The highest BCUT2D eigenvalue weighted by molar-refractivity contribution is 6.30. The Kier molecular flexibility index (Phi) is 5.71. The van der Waals surface area contributed by atoms with Crippen molar-refractivity contribution in [2.75, 3.05) is 19.6 Å². The van der Waals surface area contributed by atoms with Gasteiger partial charge in [-0.2, -0.15) is 4.98 Å². The molecule has 2 heterocycles. The molecule has 2 aromatic rings. The lowest BCUT2D eigenvalue weighted by atomic mass is 10.0. The summed E-state index contributed by atoms with van der Waals surface area (Å²) in [6, 6.07) is 7.69. The van der Waals surface area contributed by atoms with E-state index >= 15 is 0 Å². The number of aryl methyl sites for hydroxylation is 1. The third-order valence-electron chi connectivity index (χ3n) is 4.35. The molecule has 1 aromatic carbocycles. The normalized spacial score (nSPS) is 17.9. The molecule has 1 atom stereocenters. The minimum absolute atomic E-state index is 0.00568. The number of rotatable bonds is 5. The number of benzene rings is 1. The van der Waals surface area contributed by atoms with Gasteiger partial charge in [-0.25, -0.2) is 0 Å². The van der Waals surface area contributed by atoms with Crippen molar-refractivity contribution in [2.24, 2.45) is 0 Å². The van der Waals surface area contributed by atoms with Crippen molar-refractivity contribution in [1.29, 1.82) is 0 Å². The Morgan fingerprint density at radius 3 is 3.04 bits per heavy atom. The number of carbonyl (C=O) groups excluding carboxylic acids is 1. The number of aromatic nitrogens is 2. The fourth-order valence-electron chi connectivity index (χ4n) is 2.98. The van der Waals surface area contributed by atoms with Crippen molar-refractivity contribution in [1.82, 2.24) is 20.4 Å². The molecule has 6 nitrogen and oxygen atoms in total. The summed E-state index contributed by atoms with van der Waals surface area (Å²) in [6.07, 6.45) is 0.821. The molecule has 1 saturated heterocycles.